The van der Waals surface area contributed by atoms with Gasteiger partial charge in [0, 0.05) is 11.8 Å². The zero-order valence-corrected chi connectivity index (χ0v) is 12.7. The molecular formula is C16H14N4OS. The van der Waals surface area contributed by atoms with Gasteiger partial charge in [-0.1, -0.05) is 29.8 Å². The van der Waals surface area contributed by atoms with E-state index in [1.165, 1.54) is 5.56 Å². The van der Waals surface area contributed by atoms with Gasteiger partial charge >= 0.3 is 0 Å². The molecule has 0 saturated heterocycles. The summed E-state index contributed by atoms with van der Waals surface area (Å²) in [6.45, 7) is 2.04. The summed E-state index contributed by atoms with van der Waals surface area (Å²) in [6.07, 6.45) is 6.87. The number of nitrogens with zero attached hydrogens (tertiary/aromatic N) is 3. The molecule has 0 aliphatic rings. The minimum Gasteiger partial charge on any atom is -0.465 e. The fourth-order valence-electron chi connectivity index (χ4n) is 1.92. The Balaban J connectivity index is 1.86. The topological polar surface area (TPSA) is 59.1 Å². The Morgan fingerprint density at radius 1 is 1.27 bits per heavy atom. The first kappa shape index (κ1) is 14.2. The monoisotopic (exact) mass is 310 g/mol. The first-order chi connectivity index (χ1) is 10.7. The lowest BCUT2D eigenvalue weighted by Crippen LogP contribution is -1.93. The van der Waals surface area contributed by atoms with E-state index in [2.05, 4.69) is 15.3 Å². The fourth-order valence-corrected chi connectivity index (χ4v) is 2.10. The minimum absolute atomic E-state index is 0.443. The highest BCUT2D eigenvalue weighted by molar-refractivity contribution is 7.71. The number of aryl methyl sites for hydroxylation is 1. The SMILES string of the molecule is Cc1ccc(-c2n[nH]c(=S)n2/N=C\C=C\c2ccco2)cc1. The van der Waals surface area contributed by atoms with Gasteiger partial charge in [-0.25, -0.2) is 5.10 Å². The smallest absolute Gasteiger partial charge is 0.216 e. The third-order valence-corrected chi connectivity index (χ3v) is 3.30. The normalized spacial score (nSPS) is 11.7. The molecule has 5 nitrogen and oxygen atoms in total. The van der Waals surface area contributed by atoms with E-state index in [4.69, 9.17) is 16.6 Å². The van der Waals surface area contributed by atoms with Gasteiger partial charge in [0.2, 0.25) is 4.77 Å². The number of rotatable bonds is 4. The number of hydrogen-bond donors (Lipinski definition) is 1. The zero-order valence-electron chi connectivity index (χ0n) is 11.9. The van der Waals surface area contributed by atoms with Gasteiger partial charge in [-0.05, 0) is 43.4 Å². The molecule has 22 heavy (non-hydrogen) atoms. The van der Waals surface area contributed by atoms with Crippen LogP contribution in [0.15, 0.2) is 58.3 Å². The molecule has 3 aromatic rings. The van der Waals surface area contributed by atoms with Gasteiger partial charge < -0.3 is 4.42 Å². The molecule has 0 bridgehead atoms. The third-order valence-electron chi connectivity index (χ3n) is 3.03. The van der Waals surface area contributed by atoms with E-state index in [0.717, 1.165) is 11.3 Å². The molecule has 0 aliphatic heterocycles. The Kier molecular flexibility index (Phi) is 4.11. The van der Waals surface area contributed by atoms with E-state index < -0.39 is 0 Å². The summed E-state index contributed by atoms with van der Waals surface area (Å²) in [6, 6.07) is 11.7. The molecule has 3 rings (SSSR count). The number of H-pyrrole nitrogens is 1. The summed E-state index contributed by atoms with van der Waals surface area (Å²) >= 11 is 5.22. The van der Waals surface area contributed by atoms with Crippen molar-refractivity contribution < 1.29 is 4.42 Å². The van der Waals surface area contributed by atoms with E-state index >= 15 is 0 Å². The maximum Gasteiger partial charge on any atom is 0.216 e. The highest BCUT2D eigenvalue weighted by atomic mass is 32.1. The van der Waals surface area contributed by atoms with Gasteiger partial charge in [0.1, 0.15) is 5.76 Å². The van der Waals surface area contributed by atoms with Crippen LogP contribution in [-0.4, -0.2) is 21.1 Å². The molecular weight excluding hydrogens is 296 g/mol. The second-order valence-electron chi connectivity index (χ2n) is 4.67. The summed E-state index contributed by atoms with van der Waals surface area (Å²) in [4.78, 5) is 0. The summed E-state index contributed by atoms with van der Waals surface area (Å²) in [5, 5.41) is 11.3. The van der Waals surface area contributed by atoms with Crippen LogP contribution in [0.5, 0.6) is 0 Å². The van der Waals surface area contributed by atoms with Gasteiger partial charge in [-0.3, -0.25) is 0 Å². The summed E-state index contributed by atoms with van der Waals surface area (Å²) in [7, 11) is 0. The Bertz CT molecular complexity index is 854. The van der Waals surface area contributed by atoms with Crippen molar-refractivity contribution in [2.24, 2.45) is 5.10 Å². The number of furan rings is 1. The molecule has 0 amide bonds. The lowest BCUT2D eigenvalue weighted by atomic mass is 10.1. The fraction of sp³-hybridized carbons (Fsp3) is 0.0625. The van der Waals surface area contributed by atoms with E-state index in [0.29, 0.717) is 10.6 Å². The predicted octanol–water partition coefficient (Wildman–Crippen LogP) is 4.06. The van der Waals surface area contributed by atoms with Crippen LogP contribution in [0, 0.1) is 11.7 Å². The van der Waals surface area contributed by atoms with Gasteiger partial charge in [0.25, 0.3) is 0 Å². The lowest BCUT2D eigenvalue weighted by molar-refractivity contribution is 0.557. The molecule has 1 aromatic carbocycles. The van der Waals surface area contributed by atoms with Crippen molar-refractivity contribution >= 4 is 24.5 Å². The molecule has 6 heteroatoms. The van der Waals surface area contributed by atoms with Crippen LogP contribution in [0.3, 0.4) is 0 Å². The van der Waals surface area contributed by atoms with Crippen LogP contribution in [0.4, 0.5) is 0 Å². The Morgan fingerprint density at radius 2 is 2.09 bits per heavy atom. The van der Waals surface area contributed by atoms with Crippen molar-refractivity contribution in [3.05, 3.63) is 64.8 Å². The van der Waals surface area contributed by atoms with E-state index in [1.807, 2.05) is 49.4 Å². The van der Waals surface area contributed by atoms with E-state index in [1.54, 1.807) is 23.2 Å². The van der Waals surface area contributed by atoms with Crippen LogP contribution in [-0.2, 0) is 0 Å². The molecule has 2 aromatic heterocycles. The van der Waals surface area contributed by atoms with Crippen LogP contribution in [0.1, 0.15) is 11.3 Å². The summed E-state index contributed by atoms with van der Waals surface area (Å²) in [5.74, 6) is 1.44. The second kappa shape index (κ2) is 6.36. The average molecular weight is 310 g/mol. The van der Waals surface area contributed by atoms with Crippen molar-refractivity contribution in [1.82, 2.24) is 14.9 Å². The van der Waals surface area contributed by atoms with Crippen molar-refractivity contribution in [3.8, 4) is 11.4 Å². The number of nitrogens with one attached hydrogen (secondary N) is 1. The van der Waals surface area contributed by atoms with Crippen LogP contribution < -0.4 is 0 Å². The summed E-state index contributed by atoms with van der Waals surface area (Å²) in [5.41, 5.74) is 2.14. The van der Waals surface area contributed by atoms with Crippen molar-refractivity contribution in [1.29, 1.82) is 0 Å². The molecule has 0 unspecified atom stereocenters. The molecule has 2 heterocycles. The molecule has 0 fully saturated rings. The number of aromatic amines is 1. The Labute approximate surface area is 132 Å². The van der Waals surface area contributed by atoms with Crippen molar-refractivity contribution in [2.75, 3.05) is 0 Å². The standard InChI is InChI=1S/C16H14N4OS/c1-12-6-8-13(9-7-12)15-18-19-16(22)20(15)17-10-2-4-14-5-3-11-21-14/h2-11H,1H3,(H,19,22)/b4-2+,17-10-. The zero-order chi connectivity index (χ0) is 15.4. The number of benzene rings is 1. The third kappa shape index (κ3) is 3.12. The Morgan fingerprint density at radius 3 is 2.82 bits per heavy atom. The maximum absolute atomic E-state index is 5.22. The largest absolute Gasteiger partial charge is 0.465 e. The number of hydrogen-bond acceptors (Lipinski definition) is 4. The number of allylic oxidation sites excluding steroid dienone is 1. The summed E-state index contributed by atoms with van der Waals surface area (Å²) < 4.78 is 7.24. The molecule has 0 aliphatic carbocycles. The Hall–Kier alpha value is -2.73. The van der Waals surface area contributed by atoms with Gasteiger partial charge in [0.15, 0.2) is 5.82 Å². The van der Waals surface area contributed by atoms with Crippen molar-refractivity contribution in [3.63, 3.8) is 0 Å². The van der Waals surface area contributed by atoms with Crippen LogP contribution in [0.25, 0.3) is 17.5 Å². The first-order valence-electron chi connectivity index (χ1n) is 6.73. The van der Waals surface area contributed by atoms with E-state index in [9.17, 15) is 0 Å². The van der Waals surface area contributed by atoms with Crippen LogP contribution in [0.2, 0.25) is 0 Å². The average Bonchev–Trinajstić information content (AvgIpc) is 3.15. The van der Waals surface area contributed by atoms with Gasteiger partial charge in [-0.15, -0.1) is 0 Å². The minimum atomic E-state index is 0.443. The van der Waals surface area contributed by atoms with Crippen LogP contribution >= 0.6 is 12.2 Å². The van der Waals surface area contributed by atoms with E-state index in [-0.39, 0.29) is 0 Å². The second-order valence-corrected chi connectivity index (χ2v) is 5.06. The van der Waals surface area contributed by atoms with Gasteiger partial charge in [0.05, 0.1) is 6.26 Å². The highest BCUT2D eigenvalue weighted by Gasteiger charge is 2.07. The molecule has 1 N–H and O–H groups in total. The highest BCUT2D eigenvalue weighted by Crippen LogP contribution is 2.17. The predicted molar refractivity (Wildman–Crippen MR) is 89.2 cm³/mol. The molecule has 110 valence electrons. The van der Waals surface area contributed by atoms with Crippen molar-refractivity contribution in [2.45, 2.75) is 6.92 Å². The molecule has 0 atom stereocenters. The molecule has 0 radical (unpaired) electrons. The lowest BCUT2D eigenvalue weighted by Gasteiger charge is -2.00. The first-order valence-corrected chi connectivity index (χ1v) is 7.14. The quantitative estimate of drug-likeness (QED) is 0.584. The number of aromatic nitrogens is 3. The molecule has 0 saturated carbocycles. The molecule has 0 spiro atoms. The maximum atomic E-state index is 5.22. The van der Waals surface area contributed by atoms with Gasteiger partial charge in [-0.2, -0.15) is 14.9 Å².